The summed E-state index contributed by atoms with van der Waals surface area (Å²) < 4.78 is -2.30. The van der Waals surface area contributed by atoms with Gasteiger partial charge >= 0.3 is 251 Å². The van der Waals surface area contributed by atoms with Gasteiger partial charge in [-0.3, -0.25) is 0 Å². The molecule has 0 heterocycles. The van der Waals surface area contributed by atoms with Crippen LogP contribution in [0.5, 0.6) is 0 Å². The van der Waals surface area contributed by atoms with Crippen LogP contribution in [-0.2, 0) is 0 Å². The van der Waals surface area contributed by atoms with Crippen molar-refractivity contribution in [2.24, 2.45) is 0 Å². The summed E-state index contributed by atoms with van der Waals surface area (Å²) in [6.45, 7) is 4.63. The van der Waals surface area contributed by atoms with Crippen LogP contribution in [0.15, 0.2) is 60.7 Å². The molecule has 0 nitrogen and oxygen atoms in total. The predicted octanol–water partition coefficient (Wildman–Crippen LogP) is 17.1. The number of hydrogen-bond acceptors (Lipinski definition) is 0. The van der Waals surface area contributed by atoms with E-state index in [4.69, 9.17) is 0 Å². The summed E-state index contributed by atoms with van der Waals surface area (Å²) in [5.74, 6) is 0. The summed E-state index contributed by atoms with van der Waals surface area (Å²) in [5.41, 5.74) is 0. The summed E-state index contributed by atoms with van der Waals surface area (Å²) >= 11 is 3.07. The molecule has 0 atom stereocenters. The van der Waals surface area contributed by atoms with E-state index >= 15 is 0 Å². The van der Waals surface area contributed by atoms with E-state index in [0.717, 1.165) is 0 Å². The van der Waals surface area contributed by atoms with Crippen molar-refractivity contribution < 1.29 is 0 Å². The maximum atomic E-state index is 3.07. The van der Waals surface area contributed by atoms with E-state index < -0.39 is 4.25 Å². The first-order chi connectivity index (χ1) is 24.6. The summed E-state index contributed by atoms with van der Waals surface area (Å²) in [6, 6.07) is 23.6. The molecule has 0 bridgehead atoms. The molecule has 288 valence electrons. The van der Waals surface area contributed by atoms with Gasteiger partial charge in [-0.05, 0) is 0 Å². The van der Waals surface area contributed by atoms with Crippen LogP contribution in [0, 0.1) is 0 Å². The number of hydrogen-bond donors (Lipinski definition) is 0. The fourth-order valence-corrected chi connectivity index (χ4v) is 17.3. The molecule has 2 rings (SSSR count). The van der Waals surface area contributed by atoms with E-state index in [2.05, 4.69) is 96.6 Å². The van der Waals surface area contributed by atoms with Crippen molar-refractivity contribution >= 4 is 36.9 Å². The van der Waals surface area contributed by atoms with Gasteiger partial charge in [0.15, 0.2) is 0 Å². The van der Waals surface area contributed by atoms with Gasteiger partial charge < -0.3 is 0 Å². The van der Waals surface area contributed by atoms with Crippen LogP contribution >= 0.6 is 26.3 Å². The first kappa shape index (κ1) is 45.8. The third kappa shape index (κ3) is 20.2. The molecule has 0 spiro atoms. The second kappa shape index (κ2) is 31.0. The Balaban J connectivity index is 1.70. The predicted molar refractivity (Wildman–Crippen MR) is 242 cm³/mol. The van der Waals surface area contributed by atoms with Gasteiger partial charge in [0.25, 0.3) is 0 Å². The molecule has 0 saturated carbocycles. The summed E-state index contributed by atoms with van der Waals surface area (Å²) in [5, 5.41) is 3.29. The number of benzene rings is 2. The van der Waals surface area contributed by atoms with Crippen LogP contribution in [0.4, 0.5) is 0 Å². The third-order valence-electron chi connectivity index (χ3n) is 11.7. The second-order valence-electron chi connectivity index (χ2n) is 16.1. The Bertz CT molecular complexity index is 908. The van der Waals surface area contributed by atoms with Crippen molar-refractivity contribution in [3.63, 3.8) is 0 Å². The quantitative estimate of drug-likeness (QED) is 0.0365. The van der Waals surface area contributed by atoms with Crippen LogP contribution in [0.1, 0.15) is 219 Å². The van der Waals surface area contributed by atoms with Gasteiger partial charge in [0.05, 0.1) is 0 Å². The number of unbranched alkanes of at least 4 members (excludes halogenated alkanes) is 30. The molecule has 2 aromatic rings. The zero-order chi connectivity index (χ0) is 35.7. The normalized spacial score (nSPS) is 12.7. The molecular formula is C48H84IP. The van der Waals surface area contributed by atoms with Gasteiger partial charge in [-0.25, -0.2) is 0 Å². The zero-order valence-corrected chi connectivity index (χ0v) is 36.7. The molecule has 50 heavy (non-hydrogen) atoms. The van der Waals surface area contributed by atoms with Gasteiger partial charge in [-0.15, -0.1) is 0 Å². The molecule has 0 aliphatic rings. The Morgan fingerprint density at radius 2 is 0.500 bits per heavy atom. The topological polar surface area (TPSA) is 0 Å². The Labute approximate surface area is 327 Å². The average Bonchev–Trinajstić information content (AvgIpc) is 3.15. The van der Waals surface area contributed by atoms with Gasteiger partial charge in [0.1, 0.15) is 0 Å². The molecule has 0 aliphatic heterocycles. The molecule has 2 heteroatoms. The Kier molecular flexibility index (Phi) is 28.4. The molecule has 0 saturated heterocycles. The monoisotopic (exact) mass is 819 g/mol. The van der Waals surface area contributed by atoms with E-state index in [9.17, 15) is 0 Å². The van der Waals surface area contributed by atoms with Crippen molar-refractivity contribution in [3.8, 4) is 0 Å². The molecule has 0 unspecified atom stereocenters. The molecule has 0 N–H and O–H groups in total. The fraction of sp³-hybridized carbons (Fsp3) is 0.750. The Morgan fingerprint density at radius 1 is 0.300 bits per heavy atom. The van der Waals surface area contributed by atoms with Crippen LogP contribution < -0.4 is 10.6 Å². The minimum atomic E-state index is -2.30. The van der Waals surface area contributed by atoms with E-state index in [1.165, 1.54) is 218 Å². The third-order valence-corrected chi connectivity index (χ3v) is 23.3. The number of halogens is 1. The van der Waals surface area contributed by atoms with Gasteiger partial charge in [-0.2, -0.15) is 0 Å². The molecular weight excluding hydrogens is 734 g/mol. The standard InChI is InChI=1S/C48H84IP/c1-3-5-7-9-11-13-15-17-19-21-23-25-27-29-31-39-45-50(49,47-41-35-33-36-42-47,48-43-37-34-38-44-48)46-40-32-30-28-26-24-22-20-18-16-14-12-10-8-6-4-2/h33-38,41-44H,3-32,39-40,45-46H2,1-2H3. The molecule has 0 amide bonds. The molecule has 0 radical (unpaired) electrons. The van der Waals surface area contributed by atoms with Crippen molar-refractivity contribution in [2.75, 3.05) is 12.3 Å². The van der Waals surface area contributed by atoms with Crippen LogP contribution in [-0.4, -0.2) is 12.3 Å². The van der Waals surface area contributed by atoms with Crippen molar-refractivity contribution in [1.29, 1.82) is 0 Å². The second-order valence-corrected chi connectivity index (χ2v) is 27.8. The molecule has 2 aromatic carbocycles. The van der Waals surface area contributed by atoms with Crippen LogP contribution in [0.25, 0.3) is 0 Å². The summed E-state index contributed by atoms with van der Waals surface area (Å²) in [7, 11) is 0. The first-order valence-corrected chi connectivity index (χ1v) is 27.9. The SMILES string of the molecule is CCCCCCCCCCCCCCCCCCP(I)(CCCCCCCCCCCCCCCCCC)(c1ccccc1)c1ccccc1. The Hall–Kier alpha value is -0.400. The maximum absolute atomic E-state index is 3.07. The number of rotatable bonds is 36. The Morgan fingerprint density at radius 3 is 0.720 bits per heavy atom. The van der Waals surface area contributed by atoms with Gasteiger partial charge in [0.2, 0.25) is 0 Å². The van der Waals surface area contributed by atoms with E-state index in [1.54, 1.807) is 10.6 Å². The summed E-state index contributed by atoms with van der Waals surface area (Å²) in [4.78, 5) is 0. The molecule has 0 aliphatic carbocycles. The van der Waals surface area contributed by atoms with E-state index in [0.29, 0.717) is 0 Å². The van der Waals surface area contributed by atoms with Crippen molar-refractivity contribution in [2.45, 2.75) is 219 Å². The molecule has 0 aromatic heterocycles. The van der Waals surface area contributed by atoms with Crippen LogP contribution in [0.2, 0.25) is 0 Å². The fourth-order valence-electron chi connectivity index (χ4n) is 8.30. The van der Waals surface area contributed by atoms with Gasteiger partial charge in [-0.1, -0.05) is 78.1 Å². The van der Waals surface area contributed by atoms with E-state index in [1.807, 2.05) is 0 Å². The minimum absolute atomic E-state index is 1.36. The van der Waals surface area contributed by atoms with E-state index in [-0.39, 0.29) is 0 Å². The van der Waals surface area contributed by atoms with Crippen molar-refractivity contribution in [3.05, 3.63) is 60.7 Å². The average molecular weight is 819 g/mol. The first-order valence-electron chi connectivity index (χ1n) is 22.5. The van der Waals surface area contributed by atoms with Gasteiger partial charge in [0, 0.05) is 0 Å². The molecule has 0 fully saturated rings. The van der Waals surface area contributed by atoms with Crippen LogP contribution in [0.3, 0.4) is 0 Å². The summed E-state index contributed by atoms with van der Waals surface area (Å²) in [6.07, 6.45) is 48.8. The van der Waals surface area contributed by atoms with Crippen molar-refractivity contribution in [1.82, 2.24) is 0 Å². The zero-order valence-electron chi connectivity index (χ0n) is 33.6.